The van der Waals surface area contributed by atoms with Crippen LogP contribution >= 0.6 is 24.0 Å². The molecule has 0 unspecified atom stereocenters. The van der Waals surface area contributed by atoms with E-state index in [0.29, 0.717) is 24.6 Å². The largest absolute Gasteiger partial charge is 0.439 e. The fourth-order valence-electron chi connectivity index (χ4n) is 3.12. The molecule has 0 aliphatic carbocycles. The van der Waals surface area contributed by atoms with Crippen molar-refractivity contribution < 1.29 is 13.9 Å². The second-order valence-corrected chi connectivity index (χ2v) is 7.02. The number of rotatable bonds is 9. The molecule has 1 aliphatic rings. The molecule has 0 radical (unpaired) electrons. The number of ether oxygens (including phenoxy) is 1. The molecule has 0 atom stereocenters. The van der Waals surface area contributed by atoms with Gasteiger partial charge in [-0.25, -0.2) is 14.4 Å². The van der Waals surface area contributed by atoms with Gasteiger partial charge in [0, 0.05) is 44.9 Å². The molecule has 2 heterocycles. The molecule has 1 amide bonds. The maximum Gasteiger partial charge on any atom is 0.222 e. The van der Waals surface area contributed by atoms with Crippen LogP contribution in [0.15, 0.2) is 47.6 Å². The van der Waals surface area contributed by atoms with Crippen molar-refractivity contribution in [1.29, 1.82) is 0 Å². The van der Waals surface area contributed by atoms with E-state index in [-0.39, 0.29) is 35.7 Å². The Labute approximate surface area is 199 Å². The van der Waals surface area contributed by atoms with Gasteiger partial charge in [-0.3, -0.25) is 4.79 Å². The maximum atomic E-state index is 13.0. The van der Waals surface area contributed by atoms with Gasteiger partial charge in [-0.05, 0) is 49.6 Å². The van der Waals surface area contributed by atoms with Gasteiger partial charge in [-0.1, -0.05) is 6.07 Å². The number of likely N-dealkylation sites (tertiary alicyclic amines) is 1. The lowest BCUT2D eigenvalue weighted by atomic mass is 10.3. The monoisotopic (exact) mass is 541 g/mol. The summed E-state index contributed by atoms with van der Waals surface area (Å²) in [6.45, 7) is 5.66. The number of aromatic nitrogens is 1. The minimum atomic E-state index is -0.307. The third-order valence-electron chi connectivity index (χ3n) is 4.67. The fourth-order valence-corrected chi connectivity index (χ4v) is 3.12. The van der Waals surface area contributed by atoms with Crippen LogP contribution in [0.2, 0.25) is 0 Å². The molecule has 2 aromatic rings. The summed E-state index contributed by atoms with van der Waals surface area (Å²) < 4.78 is 18.6. The molecular weight excluding hydrogens is 512 g/mol. The second kappa shape index (κ2) is 13.1. The van der Waals surface area contributed by atoms with Gasteiger partial charge >= 0.3 is 0 Å². The smallest absolute Gasteiger partial charge is 0.222 e. The Kier molecular flexibility index (Phi) is 10.5. The van der Waals surface area contributed by atoms with Gasteiger partial charge in [0.25, 0.3) is 0 Å². The Hall–Kier alpha value is -2.43. The van der Waals surface area contributed by atoms with Gasteiger partial charge in [0.2, 0.25) is 11.8 Å². The van der Waals surface area contributed by atoms with E-state index in [2.05, 4.69) is 20.6 Å². The second-order valence-electron chi connectivity index (χ2n) is 7.02. The number of amides is 1. The zero-order valence-electron chi connectivity index (χ0n) is 17.6. The first-order valence-corrected chi connectivity index (χ1v) is 10.3. The number of hydrogen-bond donors (Lipinski definition) is 2. The number of pyridine rings is 1. The van der Waals surface area contributed by atoms with Crippen molar-refractivity contribution in [3.05, 3.63) is 54.0 Å². The van der Waals surface area contributed by atoms with Crippen LogP contribution in [0.4, 0.5) is 4.39 Å². The summed E-state index contributed by atoms with van der Waals surface area (Å²) in [4.78, 5) is 22.4. The van der Waals surface area contributed by atoms with Crippen LogP contribution in [-0.2, 0) is 11.3 Å². The summed E-state index contributed by atoms with van der Waals surface area (Å²) in [7, 11) is 0. The molecule has 1 fully saturated rings. The summed E-state index contributed by atoms with van der Waals surface area (Å²) >= 11 is 0. The quantitative estimate of drug-likeness (QED) is 0.219. The minimum Gasteiger partial charge on any atom is -0.439 e. The van der Waals surface area contributed by atoms with Crippen molar-refractivity contribution in [1.82, 2.24) is 20.5 Å². The highest BCUT2D eigenvalue weighted by atomic mass is 127. The molecule has 1 aromatic carbocycles. The van der Waals surface area contributed by atoms with Gasteiger partial charge in [-0.15, -0.1) is 24.0 Å². The average molecular weight is 541 g/mol. The minimum absolute atomic E-state index is 0. The summed E-state index contributed by atoms with van der Waals surface area (Å²) in [5.74, 6) is 1.66. The van der Waals surface area contributed by atoms with E-state index in [9.17, 15) is 9.18 Å². The number of carbonyl (C=O) groups is 1. The number of nitrogens with zero attached hydrogens (tertiary/aromatic N) is 3. The van der Waals surface area contributed by atoms with Crippen LogP contribution < -0.4 is 15.4 Å². The van der Waals surface area contributed by atoms with E-state index in [1.165, 1.54) is 12.1 Å². The normalized spacial score (nSPS) is 13.7. The highest BCUT2D eigenvalue weighted by Gasteiger charge is 2.18. The number of carbonyl (C=O) groups excluding carboxylic acids is 1. The van der Waals surface area contributed by atoms with Gasteiger partial charge in [0.05, 0.1) is 6.54 Å². The zero-order valence-corrected chi connectivity index (χ0v) is 20.0. The van der Waals surface area contributed by atoms with Crippen molar-refractivity contribution in [3.63, 3.8) is 0 Å². The number of hydrogen-bond acceptors (Lipinski definition) is 4. The number of aliphatic imine (C=N–C) groups is 1. The maximum absolute atomic E-state index is 13.0. The molecule has 3 rings (SSSR count). The zero-order chi connectivity index (χ0) is 21.2. The van der Waals surface area contributed by atoms with Crippen LogP contribution in [0, 0.1) is 5.82 Å². The third kappa shape index (κ3) is 8.31. The van der Waals surface area contributed by atoms with E-state index in [1.54, 1.807) is 24.4 Å². The SMILES string of the molecule is CCNC(=NCc1ccc(Oc2ccc(F)cc2)nc1)NCCCN1CCCC1=O.I. The first kappa shape index (κ1) is 24.8. The summed E-state index contributed by atoms with van der Waals surface area (Å²) in [5.41, 5.74) is 0.946. The Morgan fingerprint density at radius 1 is 1.23 bits per heavy atom. The van der Waals surface area contributed by atoms with Crippen LogP contribution in [-0.4, -0.2) is 47.9 Å². The highest BCUT2D eigenvalue weighted by Crippen LogP contribution is 2.19. The molecule has 2 N–H and O–H groups in total. The van der Waals surface area contributed by atoms with Gasteiger partial charge in [0.1, 0.15) is 11.6 Å². The summed E-state index contributed by atoms with van der Waals surface area (Å²) in [6.07, 6.45) is 4.25. The number of benzene rings is 1. The lowest BCUT2D eigenvalue weighted by Crippen LogP contribution is -2.39. The molecule has 0 saturated carbocycles. The lowest BCUT2D eigenvalue weighted by Gasteiger charge is -2.16. The van der Waals surface area contributed by atoms with E-state index in [0.717, 1.165) is 50.5 Å². The Balaban J connectivity index is 0.00000341. The van der Waals surface area contributed by atoms with Gasteiger partial charge < -0.3 is 20.3 Å². The first-order valence-electron chi connectivity index (χ1n) is 10.3. The van der Waals surface area contributed by atoms with Crippen molar-refractivity contribution in [2.75, 3.05) is 26.2 Å². The number of nitrogens with one attached hydrogen (secondary N) is 2. The van der Waals surface area contributed by atoms with Crippen LogP contribution in [0.3, 0.4) is 0 Å². The third-order valence-corrected chi connectivity index (χ3v) is 4.67. The first-order chi connectivity index (χ1) is 14.6. The molecule has 31 heavy (non-hydrogen) atoms. The number of halogens is 2. The summed E-state index contributed by atoms with van der Waals surface area (Å²) in [6, 6.07) is 9.47. The summed E-state index contributed by atoms with van der Waals surface area (Å²) in [5, 5.41) is 6.52. The predicted molar refractivity (Wildman–Crippen MR) is 129 cm³/mol. The Morgan fingerprint density at radius 2 is 2.03 bits per heavy atom. The van der Waals surface area contributed by atoms with Crippen LogP contribution in [0.25, 0.3) is 0 Å². The van der Waals surface area contributed by atoms with E-state index in [4.69, 9.17) is 4.74 Å². The van der Waals surface area contributed by atoms with Crippen molar-refractivity contribution in [3.8, 4) is 11.6 Å². The molecule has 0 bridgehead atoms. The van der Waals surface area contributed by atoms with Crippen molar-refractivity contribution in [2.24, 2.45) is 4.99 Å². The molecule has 0 spiro atoms. The lowest BCUT2D eigenvalue weighted by molar-refractivity contribution is -0.127. The van der Waals surface area contributed by atoms with Crippen molar-refractivity contribution >= 4 is 35.8 Å². The molecule has 7 nitrogen and oxygen atoms in total. The van der Waals surface area contributed by atoms with Crippen LogP contribution in [0.5, 0.6) is 11.6 Å². The molecule has 1 aliphatic heterocycles. The fraction of sp³-hybridized carbons (Fsp3) is 0.409. The molecule has 168 valence electrons. The standard InChI is InChI=1S/C22H28FN5O2.HI/c1-2-24-22(25-12-4-14-28-13-3-5-21(28)29)27-16-17-6-11-20(26-15-17)30-19-9-7-18(23)8-10-19;/h6-11,15H,2-5,12-14,16H2,1H3,(H2,24,25,27);1H. The molecule has 9 heteroatoms. The average Bonchev–Trinajstić information content (AvgIpc) is 3.16. The van der Waals surface area contributed by atoms with Gasteiger partial charge in [0.15, 0.2) is 5.96 Å². The topological polar surface area (TPSA) is 78.9 Å². The Bertz CT molecular complexity index is 846. The van der Waals surface area contributed by atoms with Crippen molar-refractivity contribution in [2.45, 2.75) is 32.7 Å². The molecular formula is C22H29FIN5O2. The highest BCUT2D eigenvalue weighted by molar-refractivity contribution is 14.0. The van der Waals surface area contributed by atoms with Gasteiger partial charge in [-0.2, -0.15) is 0 Å². The molecule has 1 saturated heterocycles. The van der Waals surface area contributed by atoms with E-state index < -0.39 is 0 Å². The van der Waals surface area contributed by atoms with Crippen LogP contribution in [0.1, 0.15) is 31.7 Å². The van der Waals surface area contributed by atoms with E-state index in [1.807, 2.05) is 17.9 Å². The van der Waals surface area contributed by atoms with E-state index >= 15 is 0 Å². The molecule has 1 aromatic heterocycles. The number of guanidine groups is 1. The predicted octanol–water partition coefficient (Wildman–Crippen LogP) is 3.70. The Morgan fingerprint density at radius 3 is 2.68 bits per heavy atom.